The second kappa shape index (κ2) is 7.50. The summed E-state index contributed by atoms with van der Waals surface area (Å²) >= 11 is 0. The van der Waals surface area contributed by atoms with Crippen LogP contribution in [0.1, 0.15) is 18.1 Å². The van der Waals surface area contributed by atoms with Crippen LogP contribution in [0.5, 0.6) is 11.5 Å². The molecule has 1 amide bonds. The van der Waals surface area contributed by atoms with Gasteiger partial charge in [-0.1, -0.05) is 30.3 Å². The molecule has 0 radical (unpaired) electrons. The van der Waals surface area contributed by atoms with Crippen LogP contribution in [0, 0.1) is 6.92 Å². The molecule has 4 heteroatoms. The zero-order valence-corrected chi connectivity index (χ0v) is 13.1. The lowest BCUT2D eigenvalue weighted by Crippen LogP contribution is -2.36. The summed E-state index contributed by atoms with van der Waals surface area (Å²) in [5, 5.41) is 2.89. The number of hydrogen-bond donors (Lipinski definition) is 1. The van der Waals surface area contributed by atoms with E-state index in [0.717, 1.165) is 11.1 Å². The molecule has 1 N–H and O–H groups in total. The Balaban J connectivity index is 1.90. The van der Waals surface area contributed by atoms with Crippen LogP contribution in [-0.2, 0) is 11.3 Å². The number of hydrogen-bond acceptors (Lipinski definition) is 3. The monoisotopic (exact) mass is 299 g/mol. The number of carbonyl (C=O) groups excluding carboxylic acids is 1. The summed E-state index contributed by atoms with van der Waals surface area (Å²) in [4.78, 5) is 12.1. The average molecular weight is 299 g/mol. The Kier molecular flexibility index (Phi) is 5.42. The second-order valence-corrected chi connectivity index (χ2v) is 5.08. The second-order valence-electron chi connectivity index (χ2n) is 5.08. The predicted molar refractivity (Wildman–Crippen MR) is 86.1 cm³/mol. The van der Waals surface area contributed by atoms with Gasteiger partial charge in [-0.25, -0.2) is 0 Å². The number of nitrogens with one attached hydrogen (secondary N) is 1. The molecule has 0 bridgehead atoms. The van der Waals surface area contributed by atoms with Gasteiger partial charge in [-0.2, -0.15) is 0 Å². The van der Waals surface area contributed by atoms with Crippen LogP contribution in [0.3, 0.4) is 0 Å². The fourth-order valence-corrected chi connectivity index (χ4v) is 2.07. The van der Waals surface area contributed by atoms with Crippen molar-refractivity contribution in [1.29, 1.82) is 0 Å². The van der Waals surface area contributed by atoms with Crippen molar-refractivity contribution in [2.24, 2.45) is 0 Å². The Morgan fingerprint density at radius 3 is 2.59 bits per heavy atom. The van der Waals surface area contributed by atoms with Crippen LogP contribution in [-0.4, -0.2) is 19.1 Å². The molecule has 116 valence electrons. The van der Waals surface area contributed by atoms with E-state index in [1.54, 1.807) is 26.2 Å². The number of benzene rings is 2. The van der Waals surface area contributed by atoms with Gasteiger partial charge < -0.3 is 14.8 Å². The van der Waals surface area contributed by atoms with Crippen molar-refractivity contribution in [2.45, 2.75) is 26.5 Å². The Hall–Kier alpha value is -2.49. The van der Waals surface area contributed by atoms with Gasteiger partial charge in [-0.3, -0.25) is 4.79 Å². The predicted octanol–water partition coefficient (Wildman–Crippen LogP) is 3.09. The van der Waals surface area contributed by atoms with Crippen LogP contribution in [0.4, 0.5) is 0 Å². The van der Waals surface area contributed by atoms with E-state index in [9.17, 15) is 4.79 Å². The van der Waals surface area contributed by atoms with Crippen molar-refractivity contribution in [3.63, 3.8) is 0 Å². The normalized spacial score (nSPS) is 11.6. The van der Waals surface area contributed by atoms with Crippen molar-refractivity contribution >= 4 is 5.91 Å². The molecule has 0 fully saturated rings. The average Bonchev–Trinajstić information content (AvgIpc) is 2.54. The first-order chi connectivity index (χ1) is 10.6. The maximum absolute atomic E-state index is 12.1. The summed E-state index contributed by atoms with van der Waals surface area (Å²) in [6.07, 6.45) is -0.573. The summed E-state index contributed by atoms with van der Waals surface area (Å²) in [5.74, 6) is 1.16. The van der Waals surface area contributed by atoms with E-state index < -0.39 is 6.10 Å². The maximum Gasteiger partial charge on any atom is 0.261 e. The fourth-order valence-electron chi connectivity index (χ4n) is 2.07. The van der Waals surface area contributed by atoms with E-state index in [0.29, 0.717) is 18.0 Å². The Morgan fingerprint density at radius 2 is 1.86 bits per heavy atom. The molecule has 4 nitrogen and oxygen atoms in total. The van der Waals surface area contributed by atoms with Gasteiger partial charge in [-0.05, 0) is 37.1 Å². The molecule has 0 spiro atoms. The smallest absolute Gasteiger partial charge is 0.261 e. The highest BCUT2D eigenvalue weighted by Crippen LogP contribution is 2.20. The van der Waals surface area contributed by atoms with Gasteiger partial charge in [0.2, 0.25) is 0 Å². The number of amides is 1. The molecule has 22 heavy (non-hydrogen) atoms. The third-order valence-electron chi connectivity index (χ3n) is 3.44. The molecule has 0 saturated carbocycles. The first-order valence-electron chi connectivity index (χ1n) is 7.23. The van der Waals surface area contributed by atoms with Gasteiger partial charge in [-0.15, -0.1) is 0 Å². The van der Waals surface area contributed by atoms with Gasteiger partial charge in [0.1, 0.15) is 11.5 Å². The summed E-state index contributed by atoms with van der Waals surface area (Å²) in [7, 11) is 1.59. The van der Waals surface area contributed by atoms with Crippen LogP contribution in [0.25, 0.3) is 0 Å². The highest BCUT2D eigenvalue weighted by molar-refractivity contribution is 5.80. The number of rotatable bonds is 6. The molecule has 0 aliphatic carbocycles. The van der Waals surface area contributed by atoms with Gasteiger partial charge in [0.25, 0.3) is 5.91 Å². The highest BCUT2D eigenvalue weighted by atomic mass is 16.5. The van der Waals surface area contributed by atoms with E-state index in [4.69, 9.17) is 9.47 Å². The van der Waals surface area contributed by atoms with E-state index >= 15 is 0 Å². The number of carbonyl (C=O) groups is 1. The Labute approximate surface area is 131 Å². The Bertz CT molecular complexity index is 640. The molecule has 0 aromatic heterocycles. The van der Waals surface area contributed by atoms with Crippen LogP contribution in [0.2, 0.25) is 0 Å². The quantitative estimate of drug-likeness (QED) is 0.891. The van der Waals surface area contributed by atoms with Crippen molar-refractivity contribution in [2.75, 3.05) is 7.11 Å². The molecule has 0 heterocycles. The van der Waals surface area contributed by atoms with Gasteiger partial charge in [0.15, 0.2) is 6.10 Å². The van der Waals surface area contributed by atoms with E-state index in [1.165, 1.54) is 0 Å². The number of methoxy groups -OCH3 is 1. The summed E-state index contributed by atoms with van der Waals surface area (Å²) < 4.78 is 10.8. The number of ether oxygens (including phenoxy) is 2. The van der Waals surface area contributed by atoms with Gasteiger partial charge in [0, 0.05) is 12.6 Å². The molecular formula is C18H21NO3. The van der Waals surface area contributed by atoms with Crippen molar-refractivity contribution < 1.29 is 14.3 Å². The summed E-state index contributed by atoms with van der Waals surface area (Å²) in [6.45, 7) is 4.25. The highest BCUT2D eigenvalue weighted by Gasteiger charge is 2.14. The third-order valence-corrected chi connectivity index (χ3v) is 3.44. The summed E-state index contributed by atoms with van der Waals surface area (Å²) in [5.41, 5.74) is 2.26. The zero-order chi connectivity index (χ0) is 15.9. The van der Waals surface area contributed by atoms with Crippen molar-refractivity contribution in [3.05, 3.63) is 59.7 Å². The molecule has 2 aromatic rings. The minimum absolute atomic E-state index is 0.147. The standard InChI is InChI=1S/C18H21NO3/c1-13-7-4-5-8-15(13)12-19-18(20)14(2)22-17-10-6-9-16(11-17)21-3/h4-11,14H,12H2,1-3H3,(H,19,20)/t14-/m1/s1. The lowest BCUT2D eigenvalue weighted by molar-refractivity contribution is -0.127. The van der Waals surface area contributed by atoms with Crippen LogP contribution < -0.4 is 14.8 Å². The molecule has 2 aromatic carbocycles. The minimum atomic E-state index is -0.573. The lowest BCUT2D eigenvalue weighted by Gasteiger charge is -2.15. The first-order valence-corrected chi connectivity index (χ1v) is 7.23. The molecule has 0 unspecified atom stereocenters. The van der Waals surface area contributed by atoms with E-state index in [1.807, 2.05) is 43.3 Å². The molecule has 0 aliphatic heterocycles. The number of aryl methyl sites for hydroxylation is 1. The van der Waals surface area contributed by atoms with E-state index in [2.05, 4.69) is 5.32 Å². The SMILES string of the molecule is COc1cccc(O[C@H](C)C(=O)NCc2ccccc2C)c1. The van der Waals surface area contributed by atoms with Crippen LogP contribution >= 0.6 is 0 Å². The topological polar surface area (TPSA) is 47.6 Å². The van der Waals surface area contributed by atoms with Crippen LogP contribution in [0.15, 0.2) is 48.5 Å². The minimum Gasteiger partial charge on any atom is -0.497 e. The van der Waals surface area contributed by atoms with Gasteiger partial charge >= 0.3 is 0 Å². The largest absolute Gasteiger partial charge is 0.497 e. The molecule has 2 rings (SSSR count). The third kappa shape index (κ3) is 4.25. The summed E-state index contributed by atoms with van der Waals surface area (Å²) in [6, 6.07) is 15.2. The Morgan fingerprint density at radius 1 is 1.14 bits per heavy atom. The first kappa shape index (κ1) is 15.9. The van der Waals surface area contributed by atoms with E-state index in [-0.39, 0.29) is 5.91 Å². The molecule has 1 atom stereocenters. The molecule has 0 aliphatic rings. The van der Waals surface area contributed by atoms with Crippen molar-refractivity contribution in [3.8, 4) is 11.5 Å². The lowest BCUT2D eigenvalue weighted by atomic mass is 10.1. The molecule has 0 saturated heterocycles. The zero-order valence-electron chi connectivity index (χ0n) is 13.1. The maximum atomic E-state index is 12.1. The fraction of sp³-hybridized carbons (Fsp3) is 0.278. The molecular weight excluding hydrogens is 278 g/mol. The van der Waals surface area contributed by atoms with Gasteiger partial charge in [0.05, 0.1) is 7.11 Å². The van der Waals surface area contributed by atoms with Crippen molar-refractivity contribution in [1.82, 2.24) is 5.32 Å².